The minimum atomic E-state index is -4.98. The Kier molecular flexibility index (Phi) is 3.58. The van der Waals surface area contributed by atoms with Gasteiger partial charge in [0.25, 0.3) is 5.78 Å². The van der Waals surface area contributed by atoms with Gasteiger partial charge in [0.15, 0.2) is 5.82 Å². The average molecular weight is 254 g/mol. The Morgan fingerprint density at radius 2 is 2.25 bits per heavy atom. The van der Waals surface area contributed by atoms with Crippen molar-refractivity contribution in [3.05, 3.63) is 23.0 Å². The molecule has 1 aromatic heterocycles. The number of aromatic nitrogens is 2. The number of carbonyl (C=O) groups excluding carboxylic acids is 1. The van der Waals surface area contributed by atoms with E-state index < -0.39 is 17.0 Å². The smallest absolute Gasteiger partial charge is 0.344 e. The fourth-order valence-electron chi connectivity index (χ4n) is 0.830. The van der Waals surface area contributed by atoms with Gasteiger partial charge >= 0.3 is 6.18 Å². The lowest BCUT2D eigenvalue weighted by atomic mass is 10.3. The van der Waals surface area contributed by atoms with E-state index in [1.807, 2.05) is 0 Å². The van der Waals surface area contributed by atoms with E-state index in [1.165, 1.54) is 0 Å². The van der Waals surface area contributed by atoms with Crippen molar-refractivity contribution in [2.45, 2.75) is 13.1 Å². The molecule has 1 rings (SSSR count). The Bertz CT molecular complexity index is 424. The van der Waals surface area contributed by atoms with Crippen molar-refractivity contribution in [1.29, 1.82) is 0 Å². The zero-order chi connectivity index (χ0) is 12.3. The van der Waals surface area contributed by atoms with Crippen LogP contribution in [-0.4, -0.2) is 22.2 Å². The van der Waals surface area contributed by atoms with E-state index in [1.54, 1.807) is 13.0 Å². The zero-order valence-corrected chi connectivity index (χ0v) is 8.78. The van der Waals surface area contributed by atoms with Crippen LogP contribution in [0.25, 0.3) is 0 Å². The largest absolute Gasteiger partial charge is 0.455 e. The van der Waals surface area contributed by atoms with E-state index >= 15 is 0 Å². The molecular weight excluding hydrogens is 247 g/mol. The van der Waals surface area contributed by atoms with Gasteiger partial charge in [-0.15, -0.1) is 0 Å². The van der Waals surface area contributed by atoms with Crippen molar-refractivity contribution in [2.75, 3.05) is 5.32 Å². The van der Waals surface area contributed by atoms with E-state index in [4.69, 9.17) is 11.6 Å². The molecule has 0 aromatic carbocycles. The van der Waals surface area contributed by atoms with Gasteiger partial charge in [-0.25, -0.2) is 0 Å². The van der Waals surface area contributed by atoms with Crippen molar-refractivity contribution in [3.63, 3.8) is 0 Å². The van der Waals surface area contributed by atoms with Gasteiger partial charge in [-0.1, -0.05) is 11.6 Å². The van der Waals surface area contributed by atoms with Crippen LogP contribution in [0.2, 0.25) is 0 Å². The van der Waals surface area contributed by atoms with Crippen LogP contribution in [-0.2, 0) is 4.79 Å². The topological polar surface area (TPSA) is 57.8 Å². The lowest BCUT2D eigenvalue weighted by Gasteiger charge is -2.03. The lowest BCUT2D eigenvalue weighted by molar-refractivity contribution is -0.165. The number of allylic oxidation sites excluding steroid dienone is 1. The molecule has 0 amide bonds. The monoisotopic (exact) mass is 253 g/mol. The van der Waals surface area contributed by atoms with Gasteiger partial charge in [0, 0.05) is 18.0 Å². The highest BCUT2D eigenvalue weighted by molar-refractivity contribution is 6.43. The number of nitrogens with one attached hydrogen (secondary N) is 2. The second-order valence-corrected chi connectivity index (χ2v) is 3.31. The number of halogens is 4. The van der Waals surface area contributed by atoms with Gasteiger partial charge < -0.3 is 5.32 Å². The summed E-state index contributed by atoms with van der Waals surface area (Å²) >= 11 is 5.16. The first-order chi connectivity index (χ1) is 7.30. The number of carbonyl (C=O) groups is 1. The molecule has 0 saturated carbocycles. The van der Waals surface area contributed by atoms with Crippen molar-refractivity contribution >= 4 is 23.2 Å². The number of hydrogen-bond acceptors (Lipinski definition) is 3. The summed E-state index contributed by atoms with van der Waals surface area (Å²) in [6.45, 7) is 1.71. The highest BCUT2D eigenvalue weighted by Gasteiger charge is 2.40. The Morgan fingerprint density at radius 3 is 2.69 bits per heavy atom. The third-order valence-electron chi connectivity index (χ3n) is 1.53. The van der Waals surface area contributed by atoms with Gasteiger partial charge in [0.05, 0.1) is 0 Å². The highest BCUT2D eigenvalue weighted by atomic mass is 35.5. The highest BCUT2D eigenvalue weighted by Crippen LogP contribution is 2.22. The molecular formula is C8H7ClF3N3O. The molecule has 0 fully saturated rings. The normalized spacial score (nSPS) is 12.7. The van der Waals surface area contributed by atoms with E-state index in [0.29, 0.717) is 5.69 Å². The molecule has 0 bridgehead atoms. The fraction of sp³-hybridized carbons (Fsp3) is 0.250. The van der Waals surface area contributed by atoms with E-state index in [-0.39, 0.29) is 5.82 Å². The summed E-state index contributed by atoms with van der Waals surface area (Å²) in [7, 11) is 0. The molecule has 88 valence electrons. The van der Waals surface area contributed by atoms with Crippen LogP contribution in [0.4, 0.5) is 19.0 Å². The van der Waals surface area contributed by atoms with E-state index in [9.17, 15) is 18.0 Å². The van der Waals surface area contributed by atoms with Crippen molar-refractivity contribution in [1.82, 2.24) is 10.2 Å². The molecule has 0 aliphatic heterocycles. The first-order valence-corrected chi connectivity index (χ1v) is 4.44. The number of Topliss-reactive ketones (excluding diaryl/α,β-unsaturated/α-hetero) is 1. The van der Waals surface area contributed by atoms with E-state index in [2.05, 4.69) is 15.5 Å². The number of anilines is 1. The second-order valence-electron chi connectivity index (χ2n) is 2.90. The predicted molar refractivity (Wildman–Crippen MR) is 51.9 cm³/mol. The Morgan fingerprint density at radius 1 is 1.62 bits per heavy atom. The molecule has 0 radical (unpaired) electrons. The number of H-pyrrole nitrogens is 1. The van der Waals surface area contributed by atoms with Crippen LogP contribution in [0.3, 0.4) is 0 Å². The number of aromatic amines is 1. The maximum atomic E-state index is 11.9. The maximum Gasteiger partial charge on any atom is 0.455 e. The predicted octanol–water partition coefficient (Wildman–Crippen LogP) is 2.34. The first kappa shape index (κ1) is 12.6. The molecule has 0 aliphatic carbocycles. The van der Waals surface area contributed by atoms with Gasteiger partial charge in [0.2, 0.25) is 0 Å². The maximum absolute atomic E-state index is 11.9. The number of alkyl halides is 3. The molecule has 0 unspecified atom stereocenters. The van der Waals surface area contributed by atoms with Gasteiger partial charge in [-0.3, -0.25) is 9.89 Å². The van der Waals surface area contributed by atoms with Crippen molar-refractivity contribution in [2.24, 2.45) is 0 Å². The summed E-state index contributed by atoms with van der Waals surface area (Å²) < 4.78 is 35.7. The Labute approximate surface area is 93.5 Å². The summed E-state index contributed by atoms with van der Waals surface area (Å²) in [6.07, 6.45) is -4.23. The number of rotatable bonds is 3. The molecule has 0 aliphatic rings. The molecule has 2 N–H and O–H groups in total. The molecule has 0 atom stereocenters. The molecule has 1 heterocycles. The Hall–Kier alpha value is -1.50. The number of hydrogen-bond donors (Lipinski definition) is 2. The summed E-state index contributed by atoms with van der Waals surface area (Å²) in [4.78, 5) is 10.6. The van der Waals surface area contributed by atoms with Crippen LogP contribution < -0.4 is 5.32 Å². The van der Waals surface area contributed by atoms with E-state index in [0.717, 1.165) is 6.20 Å². The van der Waals surface area contributed by atoms with Crippen LogP contribution in [0.5, 0.6) is 0 Å². The number of aryl methyl sites for hydroxylation is 1. The standard InChI is InChI=1S/C8H7ClF3N3O/c1-4-2-6(15-14-4)13-3-5(9)7(16)8(10,11)12/h2-3H,1H3,(H2,13,14,15). The first-order valence-electron chi connectivity index (χ1n) is 4.06. The van der Waals surface area contributed by atoms with Crippen LogP contribution >= 0.6 is 11.6 Å². The fourth-order valence-corrected chi connectivity index (χ4v) is 0.992. The third-order valence-corrected chi connectivity index (χ3v) is 1.81. The lowest BCUT2D eigenvalue weighted by Crippen LogP contribution is -2.23. The van der Waals surface area contributed by atoms with Crippen LogP contribution in [0.15, 0.2) is 17.3 Å². The van der Waals surface area contributed by atoms with Crippen molar-refractivity contribution in [3.8, 4) is 0 Å². The summed E-state index contributed by atoms with van der Waals surface area (Å²) in [5.74, 6) is -1.83. The molecule has 8 heteroatoms. The van der Waals surface area contributed by atoms with Gasteiger partial charge in [-0.2, -0.15) is 18.3 Å². The van der Waals surface area contributed by atoms with Gasteiger partial charge in [-0.05, 0) is 6.92 Å². The molecule has 0 spiro atoms. The summed E-state index contributed by atoms with van der Waals surface area (Å²) in [6, 6.07) is 1.54. The Balaban J connectivity index is 2.68. The van der Waals surface area contributed by atoms with Gasteiger partial charge in [0.1, 0.15) is 5.03 Å². The zero-order valence-electron chi connectivity index (χ0n) is 8.02. The van der Waals surface area contributed by atoms with Crippen LogP contribution in [0, 0.1) is 6.92 Å². The molecule has 4 nitrogen and oxygen atoms in total. The summed E-state index contributed by atoms with van der Waals surface area (Å²) in [5.41, 5.74) is 0.717. The quantitative estimate of drug-likeness (QED) is 0.813. The average Bonchev–Trinajstić information content (AvgIpc) is 2.58. The third kappa shape index (κ3) is 3.27. The minimum absolute atomic E-state index is 0.269. The summed E-state index contributed by atoms with van der Waals surface area (Å²) in [5, 5.41) is 7.65. The molecule has 1 aromatic rings. The SMILES string of the molecule is Cc1cc(NC=C(Cl)C(=O)C(F)(F)F)n[nH]1. The van der Waals surface area contributed by atoms with Crippen LogP contribution in [0.1, 0.15) is 5.69 Å². The van der Waals surface area contributed by atoms with Crippen molar-refractivity contribution < 1.29 is 18.0 Å². The number of nitrogens with zero attached hydrogens (tertiary/aromatic N) is 1. The molecule has 16 heavy (non-hydrogen) atoms. The second kappa shape index (κ2) is 4.56. The minimum Gasteiger partial charge on any atom is -0.344 e. The molecule has 0 saturated heterocycles. The number of ketones is 1.